The number of carbonyl (C=O) groups excluding carboxylic acids is 4. The van der Waals surface area contributed by atoms with E-state index in [0.29, 0.717) is 12.8 Å². The van der Waals surface area contributed by atoms with Crippen molar-refractivity contribution < 1.29 is 23.9 Å². The standard InChI is InChI=1S/C19H32O5/c1-8-11(4)17(22)14(7)18(12(5)15(20)9-2)24-19(23)13(6)16(21)10-3/h11-14,18H,8-10H2,1-7H3/t11-,12+,13+,14+,18-/m1/s1. The van der Waals surface area contributed by atoms with E-state index in [-0.39, 0.29) is 29.7 Å². The third kappa shape index (κ3) is 5.84. The van der Waals surface area contributed by atoms with Gasteiger partial charge in [0.25, 0.3) is 0 Å². The first-order valence-electron chi connectivity index (χ1n) is 8.91. The maximum Gasteiger partial charge on any atom is 0.316 e. The van der Waals surface area contributed by atoms with Crippen LogP contribution in [0.4, 0.5) is 0 Å². The van der Waals surface area contributed by atoms with Crippen molar-refractivity contribution in [3.8, 4) is 0 Å². The molecular weight excluding hydrogens is 308 g/mol. The minimum absolute atomic E-state index is 0.0273. The number of carbonyl (C=O) groups is 4. The summed E-state index contributed by atoms with van der Waals surface area (Å²) in [5.74, 6) is -3.18. The van der Waals surface area contributed by atoms with Crippen molar-refractivity contribution in [1.29, 1.82) is 0 Å². The number of rotatable bonds is 11. The molecule has 0 aliphatic heterocycles. The Morgan fingerprint density at radius 1 is 0.792 bits per heavy atom. The van der Waals surface area contributed by atoms with Gasteiger partial charge < -0.3 is 4.74 Å². The second-order valence-corrected chi connectivity index (χ2v) is 6.55. The fourth-order valence-corrected chi connectivity index (χ4v) is 2.63. The van der Waals surface area contributed by atoms with Crippen LogP contribution < -0.4 is 0 Å². The van der Waals surface area contributed by atoms with Gasteiger partial charge in [0.15, 0.2) is 0 Å². The van der Waals surface area contributed by atoms with Crippen molar-refractivity contribution in [2.24, 2.45) is 23.7 Å². The Bertz CT molecular complexity index is 468. The second kappa shape index (κ2) is 10.4. The topological polar surface area (TPSA) is 77.5 Å². The molecule has 0 bridgehead atoms. The van der Waals surface area contributed by atoms with Gasteiger partial charge in [0.05, 0.1) is 11.8 Å². The van der Waals surface area contributed by atoms with Gasteiger partial charge in [-0.15, -0.1) is 0 Å². The molecule has 5 nitrogen and oxygen atoms in total. The summed E-state index contributed by atoms with van der Waals surface area (Å²) < 4.78 is 5.50. The van der Waals surface area contributed by atoms with Gasteiger partial charge in [-0.3, -0.25) is 19.2 Å². The third-order valence-electron chi connectivity index (χ3n) is 4.83. The minimum Gasteiger partial charge on any atom is -0.460 e. The molecule has 24 heavy (non-hydrogen) atoms. The van der Waals surface area contributed by atoms with Gasteiger partial charge in [-0.1, -0.05) is 41.5 Å². The van der Waals surface area contributed by atoms with E-state index < -0.39 is 29.8 Å². The van der Waals surface area contributed by atoms with Crippen molar-refractivity contribution in [3.05, 3.63) is 0 Å². The summed E-state index contributed by atoms with van der Waals surface area (Å²) in [7, 11) is 0. The minimum atomic E-state index is -0.882. The molecule has 0 saturated heterocycles. The summed E-state index contributed by atoms with van der Waals surface area (Å²) >= 11 is 0. The smallest absolute Gasteiger partial charge is 0.316 e. The van der Waals surface area contributed by atoms with Gasteiger partial charge in [0.2, 0.25) is 0 Å². The molecule has 0 unspecified atom stereocenters. The average molecular weight is 340 g/mol. The first-order valence-corrected chi connectivity index (χ1v) is 8.91. The fraction of sp³-hybridized carbons (Fsp3) is 0.789. The molecule has 138 valence electrons. The second-order valence-electron chi connectivity index (χ2n) is 6.55. The van der Waals surface area contributed by atoms with Crippen LogP contribution in [0.3, 0.4) is 0 Å². The van der Waals surface area contributed by atoms with E-state index in [1.54, 1.807) is 27.7 Å². The lowest BCUT2D eigenvalue weighted by molar-refractivity contribution is -0.163. The SMILES string of the molecule is CCC(=O)[C@H](C)C(=O)O[C@H]([C@@H](C)C(=O)CC)[C@@H](C)C(=O)[C@H](C)CC. The number of Topliss-reactive ketones (excluding diaryl/α,β-unsaturated/α-hetero) is 3. The van der Waals surface area contributed by atoms with Crippen LogP contribution in [0.5, 0.6) is 0 Å². The molecule has 5 heteroatoms. The molecule has 0 aliphatic carbocycles. The van der Waals surface area contributed by atoms with Gasteiger partial charge in [-0.25, -0.2) is 0 Å². The summed E-state index contributed by atoms with van der Waals surface area (Å²) in [6.07, 6.45) is 0.401. The lowest BCUT2D eigenvalue weighted by Crippen LogP contribution is -2.42. The van der Waals surface area contributed by atoms with Crippen molar-refractivity contribution >= 4 is 23.3 Å². The van der Waals surface area contributed by atoms with Crippen LogP contribution in [0.2, 0.25) is 0 Å². The van der Waals surface area contributed by atoms with Crippen molar-refractivity contribution in [2.75, 3.05) is 0 Å². The van der Waals surface area contributed by atoms with E-state index in [1.165, 1.54) is 6.92 Å². The summed E-state index contributed by atoms with van der Waals surface area (Å²) in [5.41, 5.74) is 0. The molecule has 0 rings (SSSR count). The molecule has 0 spiro atoms. The fourth-order valence-electron chi connectivity index (χ4n) is 2.63. The number of esters is 1. The molecule has 5 atom stereocenters. The number of hydrogen-bond donors (Lipinski definition) is 0. The van der Waals surface area contributed by atoms with Gasteiger partial charge in [-0.05, 0) is 13.3 Å². The van der Waals surface area contributed by atoms with Crippen LogP contribution in [0.1, 0.15) is 67.7 Å². The van der Waals surface area contributed by atoms with E-state index in [2.05, 4.69) is 0 Å². The first kappa shape index (κ1) is 22.5. The normalized spacial score (nSPS) is 17.3. The lowest BCUT2D eigenvalue weighted by atomic mass is 9.82. The number of ketones is 3. The van der Waals surface area contributed by atoms with Gasteiger partial charge in [0, 0.05) is 18.8 Å². The molecule has 0 N–H and O–H groups in total. The largest absolute Gasteiger partial charge is 0.460 e. The van der Waals surface area contributed by atoms with Crippen molar-refractivity contribution in [3.63, 3.8) is 0 Å². The molecule has 0 amide bonds. The Kier molecular flexibility index (Phi) is 9.71. The molecule has 0 aliphatic rings. The van der Waals surface area contributed by atoms with Crippen LogP contribution in [0, 0.1) is 23.7 Å². The highest BCUT2D eigenvalue weighted by molar-refractivity contribution is 5.98. The molecule has 0 saturated carbocycles. The zero-order valence-electron chi connectivity index (χ0n) is 16.0. The molecule has 0 aromatic rings. The zero-order valence-corrected chi connectivity index (χ0v) is 16.0. The monoisotopic (exact) mass is 340 g/mol. The Balaban J connectivity index is 5.41. The molecule has 0 radical (unpaired) electrons. The van der Waals surface area contributed by atoms with Crippen LogP contribution >= 0.6 is 0 Å². The highest BCUT2D eigenvalue weighted by atomic mass is 16.5. The average Bonchev–Trinajstić information content (AvgIpc) is 2.60. The molecule has 0 heterocycles. The van der Waals surface area contributed by atoms with Gasteiger partial charge in [0.1, 0.15) is 29.4 Å². The van der Waals surface area contributed by atoms with E-state index in [0.717, 1.165) is 0 Å². The number of ether oxygens (including phenoxy) is 1. The van der Waals surface area contributed by atoms with Crippen LogP contribution in [-0.2, 0) is 23.9 Å². The maximum atomic E-state index is 12.5. The molecule has 0 fully saturated rings. The van der Waals surface area contributed by atoms with Gasteiger partial charge >= 0.3 is 5.97 Å². The Hall–Kier alpha value is -1.52. The summed E-state index contributed by atoms with van der Waals surface area (Å²) in [4.78, 5) is 48.6. The van der Waals surface area contributed by atoms with E-state index in [9.17, 15) is 19.2 Å². The van der Waals surface area contributed by atoms with Crippen LogP contribution in [0.25, 0.3) is 0 Å². The van der Waals surface area contributed by atoms with Crippen molar-refractivity contribution in [2.45, 2.75) is 73.8 Å². The first-order chi connectivity index (χ1) is 11.1. The predicted molar refractivity (Wildman–Crippen MR) is 92.4 cm³/mol. The lowest BCUT2D eigenvalue weighted by Gasteiger charge is -2.30. The predicted octanol–water partition coefficient (Wildman–Crippen LogP) is 3.38. The Labute approximate surface area is 145 Å². The third-order valence-corrected chi connectivity index (χ3v) is 4.83. The summed E-state index contributed by atoms with van der Waals surface area (Å²) in [6, 6.07) is 0. The Morgan fingerprint density at radius 2 is 1.29 bits per heavy atom. The Morgan fingerprint density at radius 3 is 1.71 bits per heavy atom. The quantitative estimate of drug-likeness (QED) is 0.425. The number of hydrogen-bond acceptors (Lipinski definition) is 5. The maximum absolute atomic E-state index is 12.5. The summed E-state index contributed by atoms with van der Waals surface area (Å²) in [5, 5.41) is 0. The highest BCUT2D eigenvalue weighted by Gasteiger charge is 2.37. The van der Waals surface area contributed by atoms with Crippen LogP contribution in [-0.4, -0.2) is 29.4 Å². The van der Waals surface area contributed by atoms with Gasteiger partial charge in [-0.2, -0.15) is 0 Å². The molecule has 0 aromatic heterocycles. The van der Waals surface area contributed by atoms with E-state index in [1.807, 2.05) is 13.8 Å². The summed E-state index contributed by atoms with van der Waals surface area (Å²) in [6.45, 7) is 12.0. The van der Waals surface area contributed by atoms with E-state index in [4.69, 9.17) is 4.74 Å². The van der Waals surface area contributed by atoms with E-state index >= 15 is 0 Å². The molecular formula is C19H32O5. The zero-order chi connectivity index (χ0) is 19.0. The highest BCUT2D eigenvalue weighted by Crippen LogP contribution is 2.25. The molecule has 0 aromatic carbocycles. The van der Waals surface area contributed by atoms with Crippen LogP contribution in [0.15, 0.2) is 0 Å². The van der Waals surface area contributed by atoms with Crippen molar-refractivity contribution in [1.82, 2.24) is 0 Å².